The predicted molar refractivity (Wildman–Crippen MR) is 55.0 cm³/mol. The van der Waals surface area contributed by atoms with Gasteiger partial charge < -0.3 is 14.6 Å². The van der Waals surface area contributed by atoms with Crippen molar-refractivity contribution in [1.82, 2.24) is 0 Å². The van der Waals surface area contributed by atoms with Gasteiger partial charge >= 0.3 is 5.97 Å². The summed E-state index contributed by atoms with van der Waals surface area (Å²) in [6, 6.07) is 0. The fraction of sp³-hybridized carbons (Fsp3) is 0.700. The van der Waals surface area contributed by atoms with Gasteiger partial charge in [-0.15, -0.1) is 0 Å². The summed E-state index contributed by atoms with van der Waals surface area (Å²) in [6.07, 6.45) is 0. The number of hydrogen-bond donors (Lipinski definition) is 1. The highest BCUT2D eigenvalue weighted by Gasteiger charge is 1.99. The third-order valence-electron chi connectivity index (χ3n) is 1.08. The summed E-state index contributed by atoms with van der Waals surface area (Å²) in [7, 11) is 0. The van der Waals surface area contributed by atoms with Gasteiger partial charge in [-0.3, -0.25) is 0 Å². The minimum absolute atomic E-state index is 0.0473. The Morgan fingerprint density at radius 1 is 1.36 bits per heavy atom. The molecule has 0 unspecified atom stereocenters. The van der Waals surface area contributed by atoms with Crippen LogP contribution in [0, 0.1) is 0 Å². The van der Waals surface area contributed by atoms with Gasteiger partial charge in [-0.2, -0.15) is 0 Å². The van der Waals surface area contributed by atoms with Gasteiger partial charge in [0.15, 0.2) is 0 Å². The van der Waals surface area contributed by atoms with Gasteiger partial charge in [-0.1, -0.05) is 6.58 Å². The number of carbonyl (C=O) groups is 1. The Labute approximate surface area is 85.5 Å². The van der Waals surface area contributed by atoms with Crippen LogP contribution < -0.4 is 0 Å². The van der Waals surface area contributed by atoms with Gasteiger partial charge in [0.05, 0.1) is 6.61 Å². The Kier molecular flexibility index (Phi) is 13.5. The molecule has 14 heavy (non-hydrogen) atoms. The number of carbonyl (C=O) groups excluding carboxylic acids is 1. The summed E-state index contributed by atoms with van der Waals surface area (Å²) in [5, 5.41) is 8.19. The van der Waals surface area contributed by atoms with E-state index in [0.29, 0.717) is 5.57 Å². The van der Waals surface area contributed by atoms with E-state index in [1.54, 1.807) is 6.92 Å². The van der Waals surface area contributed by atoms with Crippen molar-refractivity contribution in [2.45, 2.75) is 20.8 Å². The second kappa shape index (κ2) is 12.1. The number of aliphatic hydroxyl groups excluding tert-OH is 1. The molecule has 0 aliphatic carbocycles. The maximum absolute atomic E-state index is 10.5. The molecule has 4 nitrogen and oxygen atoms in total. The number of hydrogen-bond acceptors (Lipinski definition) is 4. The van der Waals surface area contributed by atoms with E-state index in [9.17, 15) is 4.79 Å². The van der Waals surface area contributed by atoms with Gasteiger partial charge in [0.1, 0.15) is 6.61 Å². The highest BCUT2D eigenvalue weighted by Crippen LogP contribution is 1.89. The van der Waals surface area contributed by atoms with E-state index >= 15 is 0 Å². The van der Waals surface area contributed by atoms with Crippen LogP contribution in [0.15, 0.2) is 12.2 Å². The first kappa shape index (κ1) is 15.6. The number of ether oxygens (including phenoxy) is 2. The molecule has 0 saturated carbocycles. The second-order valence-electron chi connectivity index (χ2n) is 2.42. The maximum Gasteiger partial charge on any atom is 0.333 e. The molecule has 0 spiro atoms. The van der Waals surface area contributed by atoms with Gasteiger partial charge in [-0.05, 0) is 20.8 Å². The molecule has 0 aromatic rings. The first-order valence-electron chi connectivity index (χ1n) is 4.61. The van der Waals surface area contributed by atoms with E-state index in [-0.39, 0.29) is 13.2 Å². The van der Waals surface area contributed by atoms with E-state index in [1.807, 2.05) is 13.8 Å². The fourth-order valence-electron chi connectivity index (χ4n) is 0.466. The lowest BCUT2D eigenvalue weighted by molar-refractivity contribution is -0.139. The van der Waals surface area contributed by atoms with Gasteiger partial charge in [0.2, 0.25) is 0 Å². The summed E-state index contributed by atoms with van der Waals surface area (Å²) < 4.78 is 9.30. The van der Waals surface area contributed by atoms with Crippen LogP contribution in [0.3, 0.4) is 0 Å². The topological polar surface area (TPSA) is 55.8 Å². The molecule has 0 saturated heterocycles. The molecule has 0 aliphatic rings. The van der Waals surface area contributed by atoms with Crippen molar-refractivity contribution in [3.05, 3.63) is 12.2 Å². The molecular formula is C10H20O4. The van der Waals surface area contributed by atoms with Crippen LogP contribution in [-0.2, 0) is 14.3 Å². The summed E-state index contributed by atoms with van der Waals surface area (Å²) in [4.78, 5) is 10.5. The average molecular weight is 204 g/mol. The SMILES string of the molecule is C=C(C)C(=O)OCCO.CCOCC. The average Bonchev–Trinajstić information content (AvgIpc) is 2.16. The Balaban J connectivity index is 0. The van der Waals surface area contributed by atoms with Crippen molar-refractivity contribution < 1.29 is 19.4 Å². The summed E-state index contributed by atoms with van der Waals surface area (Å²) >= 11 is 0. The van der Waals surface area contributed by atoms with E-state index < -0.39 is 5.97 Å². The molecule has 4 heteroatoms. The summed E-state index contributed by atoms with van der Waals surface area (Å²) in [5.74, 6) is -0.455. The molecule has 0 bridgehead atoms. The maximum atomic E-state index is 10.5. The molecule has 0 radical (unpaired) electrons. The molecule has 0 rings (SSSR count). The molecule has 0 aromatic carbocycles. The van der Waals surface area contributed by atoms with Crippen molar-refractivity contribution in [3.63, 3.8) is 0 Å². The third kappa shape index (κ3) is 13.7. The normalized spacial score (nSPS) is 8.57. The Morgan fingerprint density at radius 2 is 1.86 bits per heavy atom. The molecule has 0 fully saturated rings. The highest BCUT2D eigenvalue weighted by molar-refractivity contribution is 5.86. The van der Waals surface area contributed by atoms with Crippen molar-refractivity contribution in [2.75, 3.05) is 26.4 Å². The van der Waals surface area contributed by atoms with E-state index in [1.165, 1.54) is 0 Å². The zero-order chi connectivity index (χ0) is 11.4. The third-order valence-corrected chi connectivity index (χ3v) is 1.08. The minimum Gasteiger partial charge on any atom is -0.460 e. The van der Waals surface area contributed by atoms with Gasteiger partial charge in [0.25, 0.3) is 0 Å². The summed E-state index contributed by atoms with van der Waals surface area (Å²) in [5.41, 5.74) is 0.350. The minimum atomic E-state index is -0.455. The molecule has 0 aromatic heterocycles. The van der Waals surface area contributed by atoms with Crippen molar-refractivity contribution in [2.24, 2.45) is 0 Å². The van der Waals surface area contributed by atoms with E-state index in [0.717, 1.165) is 13.2 Å². The largest absolute Gasteiger partial charge is 0.460 e. The van der Waals surface area contributed by atoms with Crippen molar-refractivity contribution in [3.8, 4) is 0 Å². The van der Waals surface area contributed by atoms with Crippen molar-refractivity contribution in [1.29, 1.82) is 0 Å². The zero-order valence-corrected chi connectivity index (χ0v) is 9.21. The molecule has 0 atom stereocenters. The Morgan fingerprint density at radius 3 is 2.07 bits per heavy atom. The number of aliphatic hydroxyl groups is 1. The van der Waals surface area contributed by atoms with Crippen LogP contribution in [-0.4, -0.2) is 37.5 Å². The van der Waals surface area contributed by atoms with E-state index in [4.69, 9.17) is 9.84 Å². The predicted octanol–water partition coefficient (Wildman–Crippen LogP) is 1.14. The Hall–Kier alpha value is -0.870. The number of rotatable bonds is 5. The molecule has 0 amide bonds. The van der Waals surface area contributed by atoms with Crippen LogP contribution >= 0.6 is 0 Å². The van der Waals surface area contributed by atoms with Crippen LogP contribution in [0.5, 0.6) is 0 Å². The first-order chi connectivity index (χ1) is 6.59. The quantitative estimate of drug-likeness (QED) is 0.539. The standard InChI is InChI=1S/C6H10O3.C4H10O/c1-5(2)6(8)9-4-3-7;1-3-5-4-2/h7H,1,3-4H2,2H3;3-4H2,1-2H3. The lowest BCUT2D eigenvalue weighted by Crippen LogP contribution is -2.08. The van der Waals surface area contributed by atoms with Crippen LogP contribution in [0.25, 0.3) is 0 Å². The van der Waals surface area contributed by atoms with Crippen LogP contribution in [0.4, 0.5) is 0 Å². The molecule has 0 aliphatic heterocycles. The van der Waals surface area contributed by atoms with Crippen LogP contribution in [0.2, 0.25) is 0 Å². The monoisotopic (exact) mass is 204 g/mol. The smallest absolute Gasteiger partial charge is 0.333 e. The van der Waals surface area contributed by atoms with Crippen LogP contribution in [0.1, 0.15) is 20.8 Å². The lowest BCUT2D eigenvalue weighted by atomic mass is 10.4. The summed E-state index contributed by atoms with van der Waals surface area (Å²) in [6.45, 7) is 10.5. The fourth-order valence-corrected chi connectivity index (χ4v) is 0.466. The molecule has 84 valence electrons. The van der Waals surface area contributed by atoms with Gasteiger partial charge in [-0.25, -0.2) is 4.79 Å². The Bertz CT molecular complexity index is 152. The molecular weight excluding hydrogens is 184 g/mol. The molecule has 0 heterocycles. The van der Waals surface area contributed by atoms with Crippen molar-refractivity contribution >= 4 is 5.97 Å². The highest BCUT2D eigenvalue weighted by atomic mass is 16.5. The number of esters is 1. The second-order valence-corrected chi connectivity index (χ2v) is 2.42. The first-order valence-corrected chi connectivity index (χ1v) is 4.61. The van der Waals surface area contributed by atoms with E-state index in [2.05, 4.69) is 11.3 Å². The molecule has 1 N–H and O–H groups in total. The van der Waals surface area contributed by atoms with Gasteiger partial charge in [0, 0.05) is 18.8 Å². The zero-order valence-electron chi connectivity index (χ0n) is 9.21. The lowest BCUT2D eigenvalue weighted by Gasteiger charge is -1.99.